The first kappa shape index (κ1) is 22.3. The van der Waals surface area contributed by atoms with Gasteiger partial charge in [0.15, 0.2) is 0 Å². The van der Waals surface area contributed by atoms with Crippen molar-refractivity contribution in [3.05, 3.63) is 71.8 Å². The summed E-state index contributed by atoms with van der Waals surface area (Å²) in [7, 11) is 0. The van der Waals surface area contributed by atoms with E-state index in [1.807, 2.05) is 81.4 Å². The topological polar surface area (TPSA) is 65.0 Å². The molecule has 0 aliphatic rings. The van der Waals surface area contributed by atoms with E-state index < -0.39 is 17.6 Å². The summed E-state index contributed by atoms with van der Waals surface area (Å²) in [6, 6.07) is 18.5. The van der Waals surface area contributed by atoms with Crippen molar-refractivity contribution in [3.63, 3.8) is 0 Å². The smallest absolute Gasteiger partial charge is 0.331 e. The van der Waals surface area contributed by atoms with E-state index >= 15 is 0 Å². The summed E-state index contributed by atoms with van der Waals surface area (Å²) in [5.41, 5.74) is 1.83. The van der Waals surface area contributed by atoms with Crippen LogP contribution < -0.4 is 0 Å². The number of hydrogen-bond donors (Lipinski definition) is 0. The highest BCUT2D eigenvalue weighted by Crippen LogP contribution is 2.18. The maximum Gasteiger partial charge on any atom is 0.331 e. The van der Waals surface area contributed by atoms with Gasteiger partial charge in [0, 0.05) is 17.5 Å². The Hall–Kier alpha value is -2.95. The van der Waals surface area contributed by atoms with Crippen molar-refractivity contribution in [2.75, 3.05) is 6.61 Å². The minimum absolute atomic E-state index is 0.0953. The largest absolute Gasteiger partial charge is 0.466 e. The molecule has 0 N–H and O–H groups in total. The number of rotatable bonds is 8. The Kier molecular flexibility index (Phi) is 8.13. The number of aliphatic imine (C=N–C) groups is 1. The van der Waals surface area contributed by atoms with Crippen LogP contribution in [0.25, 0.3) is 0 Å². The Morgan fingerprint density at radius 1 is 0.931 bits per heavy atom. The van der Waals surface area contributed by atoms with Gasteiger partial charge >= 0.3 is 11.9 Å². The van der Waals surface area contributed by atoms with E-state index in [-0.39, 0.29) is 18.8 Å². The highest BCUT2D eigenvalue weighted by molar-refractivity contribution is 6.13. The van der Waals surface area contributed by atoms with Crippen molar-refractivity contribution >= 4 is 17.7 Å². The molecule has 0 fully saturated rings. The van der Waals surface area contributed by atoms with E-state index in [1.165, 1.54) is 0 Å². The number of carbonyl (C=O) groups is 2. The molecular formula is C24H29NO4. The molecule has 0 aliphatic heterocycles. The van der Waals surface area contributed by atoms with Gasteiger partial charge < -0.3 is 9.47 Å². The molecule has 2 aromatic rings. The summed E-state index contributed by atoms with van der Waals surface area (Å²) >= 11 is 0. The first-order valence-electron chi connectivity index (χ1n) is 9.87. The summed E-state index contributed by atoms with van der Waals surface area (Å²) in [5, 5.41) is 0. The average Bonchev–Trinajstić information content (AvgIpc) is 2.68. The van der Waals surface area contributed by atoms with Gasteiger partial charge in [-0.1, -0.05) is 60.7 Å². The van der Waals surface area contributed by atoms with Gasteiger partial charge in [-0.15, -0.1) is 0 Å². The fraction of sp³-hybridized carbons (Fsp3) is 0.375. The van der Waals surface area contributed by atoms with E-state index in [9.17, 15) is 9.59 Å². The first-order valence-corrected chi connectivity index (χ1v) is 9.87. The summed E-state index contributed by atoms with van der Waals surface area (Å²) in [6.07, 6.45) is 0.315. The zero-order valence-electron chi connectivity index (χ0n) is 17.6. The van der Waals surface area contributed by atoms with Crippen LogP contribution in [-0.2, 0) is 19.1 Å². The van der Waals surface area contributed by atoms with E-state index in [1.54, 1.807) is 6.92 Å². The Balaban J connectivity index is 2.42. The molecule has 0 bridgehead atoms. The third-order valence-electron chi connectivity index (χ3n) is 3.99. The molecule has 2 aromatic carbocycles. The molecule has 5 nitrogen and oxygen atoms in total. The molecular weight excluding hydrogens is 366 g/mol. The molecule has 0 radical (unpaired) electrons. The Labute approximate surface area is 172 Å². The lowest BCUT2D eigenvalue weighted by Gasteiger charge is -2.23. The number of benzene rings is 2. The van der Waals surface area contributed by atoms with Crippen LogP contribution in [0.3, 0.4) is 0 Å². The van der Waals surface area contributed by atoms with Crippen molar-refractivity contribution < 1.29 is 19.1 Å². The molecule has 0 amide bonds. The van der Waals surface area contributed by atoms with Crippen molar-refractivity contribution in [2.24, 2.45) is 4.99 Å². The Morgan fingerprint density at radius 2 is 1.45 bits per heavy atom. The van der Waals surface area contributed by atoms with Crippen LogP contribution in [0, 0.1) is 0 Å². The zero-order chi connectivity index (χ0) is 21.3. The van der Waals surface area contributed by atoms with Gasteiger partial charge in [0.05, 0.1) is 12.3 Å². The summed E-state index contributed by atoms with van der Waals surface area (Å²) in [6.45, 7) is 7.49. The van der Waals surface area contributed by atoms with Gasteiger partial charge in [-0.05, 0) is 34.1 Å². The molecule has 0 saturated carbocycles. The molecule has 0 spiro atoms. The number of nitrogens with zero attached hydrogens (tertiary/aromatic N) is 1. The predicted molar refractivity (Wildman–Crippen MR) is 114 cm³/mol. The van der Waals surface area contributed by atoms with Crippen molar-refractivity contribution in [2.45, 2.75) is 52.2 Å². The fourth-order valence-corrected chi connectivity index (χ4v) is 2.76. The lowest BCUT2D eigenvalue weighted by Crippen LogP contribution is -2.32. The van der Waals surface area contributed by atoms with Gasteiger partial charge in [0.25, 0.3) is 0 Å². The number of ether oxygens (including phenoxy) is 2. The molecule has 5 heteroatoms. The quantitative estimate of drug-likeness (QED) is 0.485. The van der Waals surface area contributed by atoms with E-state index in [0.717, 1.165) is 11.1 Å². The van der Waals surface area contributed by atoms with Crippen LogP contribution in [0.15, 0.2) is 65.7 Å². The molecule has 29 heavy (non-hydrogen) atoms. The third-order valence-corrected chi connectivity index (χ3v) is 3.99. The normalized spacial score (nSPS) is 12.0. The van der Waals surface area contributed by atoms with Gasteiger partial charge in [-0.3, -0.25) is 9.79 Å². The second kappa shape index (κ2) is 10.6. The summed E-state index contributed by atoms with van der Waals surface area (Å²) in [4.78, 5) is 29.5. The molecule has 1 atom stereocenters. The number of hydrogen-bond acceptors (Lipinski definition) is 5. The van der Waals surface area contributed by atoms with E-state index in [2.05, 4.69) is 0 Å². The third kappa shape index (κ3) is 7.53. The second-order valence-electron chi connectivity index (χ2n) is 7.60. The van der Waals surface area contributed by atoms with Gasteiger partial charge in [-0.25, -0.2) is 4.79 Å². The minimum atomic E-state index is -0.811. The van der Waals surface area contributed by atoms with E-state index in [4.69, 9.17) is 14.5 Å². The van der Waals surface area contributed by atoms with Crippen LogP contribution in [0.2, 0.25) is 0 Å². The maximum atomic E-state index is 12.8. The Morgan fingerprint density at radius 3 is 1.90 bits per heavy atom. The molecule has 0 unspecified atom stereocenters. The molecule has 2 rings (SSSR count). The lowest BCUT2D eigenvalue weighted by atomic mass is 10.0. The SMILES string of the molecule is CCOC(=O)CC[C@@H](N=C(c1ccccc1)c1ccccc1)C(=O)OC(C)(C)C. The van der Waals surface area contributed by atoms with Gasteiger partial charge in [0.2, 0.25) is 0 Å². The first-order chi connectivity index (χ1) is 13.8. The molecule has 0 heterocycles. The van der Waals surface area contributed by atoms with Crippen LogP contribution in [0.5, 0.6) is 0 Å². The lowest BCUT2D eigenvalue weighted by molar-refractivity contribution is -0.156. The van der Waals surface area contributed by atoms with Crippen molar-refractivity contribution in [3.8, 4) is 0 Å². The van der Waals surface area contributed by atoms with Crippen LogP contribution >= 0.6 is 0 Å². The monoisotopic (exact) mass is 395 g/mol. The molecule has 0 aromatic heterocycles. The average molecular weight is 395 g/mol. The summed E-state index contributed by atoms with van der Waals surface area (Å²) < 4.78 is 10.6. The standard InChI is InChI=1S/C24H29NO4/c1-5-28-21(26)17-16-20(23(27)29-24(2,3)4)25-22(18-12-8-6-9-13-18)19-14-10-7-11-15-19/h6-15,20H,5,16-17H2,1-4H3/t20-/m1/s1. The van der Waals surface area contributed by atoms with Crippen LogP contribution in [-0.4, -0.2) is 35.9 Å². The molecule has 0 aliphatic carbocycles. The highest BCUT2D eigenvalue weighted by atomic mass is 16.6. The Bertz CT molecular complexity index is 781. The van der Waals surface area contributed by atoms with Crippen LogP contribution in [0.1, 0.15) is 51.7 Å². The van der Waals surface area contributed by atoms with Gasteiger partial charge in [0.1, 0.15) is 11.6 Å². The highest BCUT2D eigenvalue weighted by Gasteiger charge is 2.26. The minimum Gasteiger partial charge on any atom is -0.466 e. The maximum absolute atomic E-state index is 12.8. The zero-order valence-corrected chi connectivity index (χ0v) is 17.6. The fourth-order valence-electron chi connectivity index (χ4n) is 2.76. The van der Waals surface area contributed by atoms with Crippen LogP contribution in [0.4, 0.5) is 0 Å². The van der Waals surface area contributed by atoms with Crippen molar-refractivity contribution in [1.29, 1.82) is 0 Å². The second-order valence-corrected chi connectivity index (χ2v) is 7.60. The summed E-state index contributed by atoms with van der Waals surface area (Å²) in [5.74, 6) is -0.802. The molecule has 0 saturated heterocycles. The number of carbonyl (C=O) groups excluding carboxylic acids is 2. The van der Waals surface area contributed by atoms with Gasteiger partial charge in [-0.2, -0.15) is 0 Å². The van der Waals surface area contributed by atoms with E-state index in [0.29, 0.717) is 12.3 Å². The predicted octanol–water partition coefficient (Wildman–Crippen LogP) is 4.58. The molecule has 154 valence electrons. The van der Waals surface area contributed by atoms with Crippen molar-refractivity contribution in [1.82, 2.24) is 0 Å². The number of esters is 2.